The summed E-state index contributed by atoms with van der Waals surface area (Å²) >= 11 is 0. The van der Waals surface area contributed by atoms with Gasteiger partial charge in [-0.3, -0.25) is 0 Å². The van der Waals surface area contributed by atoms with Gasteiger partial charge in [-0.2, -0.15) is 8.42 Å². The molecule has 0 saturated heterocycles. The lowest BCUT2D eigenvalue weighted by Gasteiger charge is -2.12. The van der Waals surface area contributed by atoms with Crippen molar-refractivity contribution >= 4 is 10.2 Å². The van der Waals surface area contributed by atoms with Crippen LogP contribution in [0.4, 0.5) is 3.89 Å². The maximum atomic E-state index is 12.9. The minimum atomic E-state index is -4.83. The third kappa shape index (κ3) is 3.29. The van der Waals surface area contributed by atoms with Crippen LogP contribution in [0.3, 0.4) is 0 Å². The van der Waals surface area contributed by atoms with Gasteiger partial charge < -0.3 is 0 Å². The fourth-order valence-corrected chi connectivity index (χ4v) is 2.67. The molecule has 118 valence electrons. The molecule has 1 unspecified atom stereocenters. The summed E-state index contributed by atoms with van der Waals surface area (Å²) in [6, 6.07) is 17.5. The molecule has 0 aliphatic rings. The topological polar surface area (TPSA) is 64.8 Å². The molecule has 0 N–H and O–H groups in total. The van der Waals surface area contributed by atoms with E-state index in [-0.39, 0.29) is 6.04 Å². The van der Waals surface area contributed by atoms with Crippen molar-refractivity contribution < 1.29 is 12.3 Å². The minimum Gasteiger partial charge on any atom is -0.244 e. The van der Waals surface area contributed by atoms with Gasteiger partial charge >= 0.3 is 10.2 Å². The number of hydrogen-bond acceptors (Lipinski definition) is 4. The zero-order valence-electron chi connectivity index (χ0n) is 12.3. The highest BCUT2D eigenvalue weighted by Gasteiger charge is 2.19. The predicted octanol–water partition coefficient (Wildman–Crippen LogP) is 3.21. The van der Waals surface area contributed by atoms with E-state index in [4.69, 9.17) is 0 Å². The van der Waals surface area contributed by atoms with Crippen LogP contribution in [-0.2, 0) is 10.2 Å². The molecule has 1 heterocycles. The van der Waals surface area contributed by atoms with Gasteiger partial charge in [0.05, 0.1) is 12.2 Å². The van der Waals surface area contributed by atoms with E-state index in [1.807, 2.05) is 61.5 Å². The summed E-state index contributed by atoms with van der Waals surface area (Å²) < 4.78 is 35.9. The van der Waals surface area contributed by atoms with Gasteiger partial charge in [0, 0.05) is 0 Å². The molecule has 0 fully saturated rings. The first kappa shape index (κ1) is 15.4. The van der Waals surface area contributed by atoms with Gasteiger partial charge in [-0.25, -0.2) is 4.68 Å². The molecule has 7 heteroatoms. The second-order valence-electron chi connectivity index (χ2n) is 5.14. The number of aromatic nitrogens is 3. The van der Waals surface area contributed by atoms with Crippen LogP contribution in [0.15, 0.2) is 65.8 Å². The molecular weight excluding hydrogens is 317 g/mol. The average Bonchev–Trinajstić information content (AvgIpc) is 3.05. The van der Waals surface area contributed by atoms with Gasteiger partial charge in [0.2, 0.25) is 5.03 Å². The molecule has 0 bridgehead atoms. The Kier molecular flexibility index (Phi) is 3.96. The van der Waals surface area contributed by atoms with Crippen molar-refractivity contribution in [3.05, 3.63) is 66.4 Å². The van der Waals surface area contributed by atoms with Gasteiger partial charge in [0.1, 0.15) is 0 Å². The molecule has 1 aromatic heterocycles. The lowest BCUT2D eigenvalue weighted by Crippen LogP contribution is -2.07. The average molecular weight is 331 g/mol. The Labute approximate surface area is 133 Å². The zero-order chi connectivity index (χ0) is 16.4. The van der Waals surface area contributed by atoms with Crippen LogP contribution in [0.2, 0.25) is 0 Å². The Bertz CT molecular complexity index is 906. The first-order valence-corrected chi connectivity index (χ1v) is 8.35. The molecule has 3 aromatic rings. The monoisotopic (exact) mass is 331 g/mol. The molecule has 0 radical (unpaired) electrons. The van der Waals surface area contributed by atoms with Gasteiger partial charge in [0.25, 0.3) is 0 Å². The van der Waals surface area contributed by atoms with Crippen molar-refractivity contribution in [2.75, 3.05) is 0 Å². The zero-order valence-corrected chi connectivity index (χ0v) is 13.1. The van der Waals surface area contributed by atoms with Gasteiger partial charge in [-0.1, -0.05) is 63.7 Å². The molecule has 23 heavy (non-hydrogen) atoms. The lowest BCUT2D eigenvalue weighted by atomic mass is 10.0. The lowest BCUT2D eigenvalue weighted by molar-refractivity contribution is 0.542. The van der Waals surface area contributed by atoms with Crippen molar-refractivity contribution in [1.29, 1.82) is 0 Å². The van der Waals surface area contributed by atoms with E-state index < -0.39 is 15.2 Å². The van der Waals surface area contributed by atoms with Crippen molar-refractivity contribution in [2.24, 2.45) is 0 Å². The highest BCUT2D eigenvalue weighted by molar-refractivity contribution is 7.86. The second kappa shape index (κ2) is 5.92. The number of hydrogen-bond donors (Lipinski definition) is 0. The van der Waals surface area contributed by atoms with Gasteiger partial charge in [0.15, 0.2) is 0 Å². The minimum absolute atomic E-state index is 0.261. The number of nitrogens with zero attached hydrogens (tertiary/aromatic N) is 3. The second-order valence-corrected chi connectivity index (χ2v) is 6.43. The van der Waals surface area contributed by atoms with Crippen molar-refractivity contribution in [3.8, 4) is 11.1 Å². The number of benzene rings is 2. The molecule has 0 spiro atoms. The molecular formula is C16H14FN3O2S. The van der Waals surface area contributed by atoms with Crippen LogP contribution in [0.25, 0.3) is 11.1 Å². The van der Waals surface area contributed by atoms with Crippen molar-refractivity contribution in [1.82, 2.24) is 15.0 Å². The Morgan fingerprint density at radius 1 is 1.00 bits per heavy atom. The molecule has 2 aromatic carbocycles. The van der Waals surface area contributed by atoms with E-state index in [9.17, 15) is 12.3 Å². The first-order valence-electron chi connectivity index (χ1n) is 6.97. The van der Waals surface area contributed by atoms with E-state index in [2.05, 4.69) is 10.3 Å². The quantitative estimate of drug-likeness (QED) is 0.689. The molecule has 0 amide bonds. The Morgan fingerprint density at radius 2 is 1.61 bits per heavy atom. The van der Waals surface area contributed by atoms with Crippen LogP contribution >= 0.6 is 0 Å². The molecule has 5 nitrogen and oxygen atoms in total. The van der Waals surface area contributed by atoms with Crippen molar-refractivity contribution in [3.63, 3.8) is 0 Å². The predicted molar refractivity (Wildman–Crippen MR) is 84.0 cm³/mol. The standard InChI is InChI=1S/C16H14FN3O2S/c1-12(20-11-16(18-19-20)23(17,21)22)13-7-9-15(10-8-13)14-5-3-2-4-6-14/h2-12H,1H3. The smallest absolute Gasteiger partial charge is 0.244 e. The number of halogens is 1. The highest BCUT2D eigenvalue weighted by Crippen LogP contribution is 2.23. The number of rotatable bonds is 4. The van der Waals surface area contributed by atoms with Crippen molar-refractivity contribution in [2.45, 2.75) is 18.0 Å². The molecule has 3 rings (SSSR count). The largest absolute Gasteiger partial charge is 0.353 e. The van der Waals surface area contributed by atoms with Crippen LogP contribution < -0.4 is 0 Å². The Morgan fingerprint density at radius 3 is 2.17 bits per heavy atom. The van der Waals surface area contributed by atoms with E-state index in [1.54, 1.807) is 0 Å². The third-order valence-electron chi connectivity index (χ3n) is 3.64. The Hall–Kier alpha value is -2.54. The van der Waals surface area contributed by atoms with E-state index in [0.717, 1.165) is 22.9 Å². The Balaban J connectivity index is 1.86. The summed E-state index contributed by atoms with van der Waals surface area (Å²) in [4.78, 5) is 0. The summed E-state index contributed by atoms with van der Waals surface area (Å²) in [5.74, 6) is 0. The normalized spacial score (nSPS) is 13.0. The van der Waals surface area contributed by atoms with E-state index in [1.165, 1.54) is 4.68 Å². The van der Waals surface area contributed by atoms with Crippen LogP contribution in [0.1, 0.15) is 18.5 Å². The van der Waals surface area contributed by atoms with E-state index in [0.29, 0.717) is 0 Å². The maximum absolute atomic E-state index is 12.9. The summed E-state index contributed by atoms with van der Waals surface area (Å²) in [6.45, 7) is 1.83. The fourth-order valence-electron chi connectivity index (χ4n) is 2.30. The maximum Gasteiger partial charge on any atom is 0.353 e. The molecule has 1 atom stereocenters. The fraction of sp³-hybridized carbons (Fsp3) is 0.125. The van der Waals surface area contributed by atoms with Crippen LogP contribution in [0.5, 0.6) is 0 Å². The third-order valence-corrected chi connectivity index (χ3v) is 4.32. The van der Waals surface area contributed by atoms with Gasteiger partial charge in [-0.05, 0) is 23.6 Å². The summed E-state index contributed by atoms with van der Waals surface area (Å²) in [5.41, 5.74) is 3.10. The molecule has 0 aliphatic carbocycles. The van der Waals surface area contributed by atoms with Crippen LogP contribution in [-0.4, -0.2) is 23.4 Å². The molecule has 0 aliphatic heterocycles. The highest BCUT2D eigenvalue weighted by atomic mass is 32.3. The summed E-state index contributed by atoms with van der Waals surface area (Å²) in [6.07, 6.45) is 1.09. The first-order chi connectivity index (χ1) is 10.9. The summed E-state index contributed by atoms with van der Waals surface area (Å²) in [7, 11) is -4.83. The molecule has 0 saturated carbocycles. The van der Waals surface area contributed by atoms with Gasteiger partial charge in [-0.15, -0.1) is 5.10 Å². The summed E-state index contributed by atoms with van der Waals surface area (Å²) in [5, 5.41) is 6.36. The SMILES string of the molecule is CC(c1ccc(-c2ccccc2)cc1)n1cc(S(=O)(=O)F)nn1. The van der Waals surface area contributed by atoms with E-state index >= 15 is 0 Å². The van der Waals surface area contributed by atoms with Crippen LogP contribution in [0, 0.1) is 0 Å².